The van der Waals surface area contributed by atoms with Gasteiger partial charge in [-0.25, -0.2) is 4.68 Å². The Morgan fingerprint density at radius 3 is 3.00 bits per heavy atom. The second-order valence-corrected chi connectivity index (χ2v) is 4.73. The molecule has 0 bridgehead atoms. The third-order valence-electron chi connectivity index (χ3n) is 2.22. The molecule has 0 atom stereocenters. The molecule has 0 aliphatic rings. The number of hydrogen-bond donors (Lipinski definition) is 2. The largest absolute Gasteiger partial charge is 0.270 e. The van der Waals surface area contributed by atoms with E-state index < -0.39 is 0 Å². The monoisotopic (exact) mass is 312 g/mol. The molecule has 17 heavy (non-hydrogen) atoms. The summed E-state index contributed by atoms with van der Waals surface area (Å²) in [5, 5.41) is 6.27. The van der Waals surface area contributed by atoms with Crippen LogP contribution >= 0.6 is 28.1 Å². The molecule has 2 aromatic rings. The number of rotatable bonds is 2. The van der Waals surface area contributed by atoms with Crippen LogP contribution < -0.4 is 5.43 Å². The molecule has 5 nitrogen and oxygen atoms in total. The van der Waals surface area contributed by atoms with Crippen LogP contribution in [0.2, 0.25) is 0 Å². The number of aromatic nitrogens is 3. The van der Waals surface area contributed by atoms with Crippen LogP contribution in [-0.2, 0) is 0 Å². The molecule has 0 spiro atoms. The number of carbonyl (C=O) groups is 1. The van der Waals surface area contributed by atoms with E-state index in [9.17, 15) is 4.79 Å². The highest BCUT2D eigenvalue weighted by Crippen LogP contribution is 2.16. The fourth-order valence-corrected chi connectivity index (χ4v) is 1.84. The van der Waals surface area contributed by atoms with E-state index in [0.717, 1.165) is 10.0 Å². The van der Waals surface area contributed by atoms with Crippen LogP contribution in [0.3, 0.4) is 0 Å². The molecule has 0 aliphatic carbocycles. The van der Waals surface area contributed by atoms with Gasteiger partial charge in [-0.2, -0.15) is 5.10 Å². The number of nitrogens with one attached hydrogen (secondary N) is 2. The number of amides is 1. The fourth-order valence-electron chi connectivity index (χ4n) is 1.34. The first-order valence-electron chi connectivity index (χ1n) is 4.77. The summed E-state index contributed by atoms with van der Waals surface area (Å²) in [6, 6.07) is 5.51. The predicted molar refractivity (Wildman–Crippen MR) is 70.0 cm³/mol. The molecule has 1 aromatic carbocycles. The lowest BCUT2D eigenvalue weighted by Gasteiger charge is -2.07. The van der Waals surface area contributed by atoms with Crippen molar-refractivity contribution < 1.29 is 4.79 Å². The number of H-pyrrole nitrogens is 1. The normalized spacial score (nSPS) is 10.2. The molecule has 0 saturated heterocycles. The summed E-state index contributed by atoms with van der Waals surface area (Å²) in [4.78, 5) is 12.0. The van der Waals surface area contributed by atoms with E-state index in [0.29, 0.717) is 10.3 Å². The van der Waals surface area contributed by atoms with E-state index in [1.54, 1.807) is 6.07 Å². The number of aryl methyl sites for hydroxylation is 1. The van der Waals surface area contributed by atoms with Gasteiger partial charge in [-0.1, -0.05) is 22.0 Å². The highest BCUT2D eigenvalue weighted by Gasteiger charge is 2.10. The van der Waals surface area contributed by atoms with Crippen LogP contribution in [0.1, 0.15) is 15.9 Å². The van der Waals surface area contributed by atoms with Gasteiger partial charge in [0.1, 0.15) is 6.33 Å². The first kappa shape index (κ1) is 12.0. The lowest BCUT2D eigenvalue weighted by molar-refractivity contribution is 0.101. The maximum Gasteiger partial charge on any atom is 0.270 e. The molecule has 0 saturated carbocycles. The summed E-state index contributed by atoms with van der Waals surface area (Å²) in [7, 11) is 0. The second kappa shape index (κ2) is 4.80. The van der Waals surface area contributed by atoms with Gasteiger partial charge in [0.05, 0.1) is 0 Å². The average Bonchev–Trinajstić information content (AvgIpc) is 2.68. The lowest BCUT2D eigenvalue weighted by Crippen LogP contribution is -2.23. The van der Waals surface area contributed by atoms with E-state index >= 15 is 0 Å². The highest BCUT2D eigenvalue weighted by molar-refractivity contribution is 9.10. The zero-order chi connectivity index (χ0) is 12.4. The number of carbonyl (C=O) groups excluding carboxylic acids is 1. The third-order valence-corrected chi connectivity index (χ3v) is 3.00. The van der Waals surface area contributed by atoms with Crippen molar-refractivity contribution in [2.24, 2.45) is 0 Å². The van der Waals surface area contributed by atoms with Gasteiger partial charge in [-0.15, -0.1) is 0 Å². The van der Waals surface area contributed by atoms with Gasteiger partial charge in [0, 0.05) is 10.0 Å². The zero-order valence-electron chi connectivity index (χ0n) is 8.90. The van der Waals surface area contributed by atoms with E-state index in [1.807, 2.05) is 19.1 Å². The van der Waals surface area contributed by atoms with Crippen LogP contribution in [-0.4, -0.2) is 20.8 Å². The van der Waals surface area contributed by atoms with Crippen molar-refractivity contribution in [1.29, 1.82) is 0 Å². The van der Waals surface area contributed by atoms with Crippen molar-refractivity contribution in [3.63, 3.8) is 0 Å². The van der Waals surface area contributed by atoms with Crippen LogP contribution in [0.4, 0.5) is 0 Å². The quantitative estimate of drug-likeness (QED) is 0.837. The van der Waals surface area contributed by atoms with Crippen molar-refractivity contribution in [3.05, 3.63) is 44.9 Å². The second-order valence-electron chi connectivity index (χ2n) is 3.43. The fraction of sp³-hybridized carbons (Fsp3) is 0.100. The topological polar surface area (TPSA) is 62.7 Å². The number of aromatic amines is 1. The molecule has 0 unspecified atom stereocenters. The van der Waals surface area contributed by atoms with E-state index in [-0.39, 0.29) is 5.91 Å². The van der Waals surface area contributed by atoms with Crippen molar-refractivity contribution >= 4 is 34.1 Å². The van der Waals surface area contributed by atoms with Crippen molar-refractivity contribution in [3.8, 4) is 0 Å². The third kappa shape index (κ3) is 2.62. The molecule has 0 fully saturated rings. The molecule has 1 heterocycles. The standard InChI is InChI=1S/C10H9BrN4OS/c1-6-2-3-7(11)4-8(6)9(16)14-15-5-12-13-10(15)17/h2-5H,1H3,(H,13,17)(H,14,16). The summed E-state index contributed by atoms with van der Waals surface area (Å²) >= 11 is 8.26. The molecule has 1 amide bonds. The number of nitrogens with zero attached hydrogens (tertiary/aromatic N) is 2. The Kier molecular flexibility index (Phi) is 3.39. The minimum atomic E-state index is -0.235. The summed E-state index contributed by atoms with van der Waals surface area (Å²) in [6.45, 7) is 1.87. The van der Waals surface area contributed by atoms with Crippen LogP contribution in [0, 0.1) is 11.7 Å². The molecule has 1 aromatic heterocycles. The Balaban J connectivity index is 2.29. The molecule has 88 valence electrons. The van der Waals surface area contributed by atoms with Crippen molar-refractivity contribution in [1.82, 2.24) is 14.9 Å². The molecular weight excluding hydrogens is 304 g/mol. The first-order valence-corrected chi connectivity index (χ1v) is 5.97. The van der Waals surface area contributed by atoms with Gasteiger partial charge in [-0.3, -0.25) is 15.3 Å². The molecule has 0 aliphatic heterocycles. The SMILES string of the molecule is Cc1ccc(Br)cc1C(=O)Nn1cn[nH]c1=S. The lowest BCUT2D eigenvalue weighted by atomic mass is 10.1. The first-order chi connectivity index (χ1) is 8.08. The van der Waals surface area contributed by atoms with Gasteiger partial charge in [0.15, 0.2) is 0 Å². The van der Waals surface area contributed by atoms with E-state index in [4.69, 9.17) is 12.2 Å². The highest BCUT2D eigenvalue weighted by atomic mass is 79.9. The molecule has 2 rings (SSSR count). The van der Waals surface area contributed by atoms with Crippen LogP contribution in [0.25, 0.3) is 0 Å². The minimum Gasteiger partial charge on any atom is -0.267 e. The number of hydrogen-bond acceptors (Lipinski definition) is 3. The van der Waals surface area contributed by atoms with Gasteiger partial charge in [-0.05, 0) is 36.8 Å². The molecule has 0 radical (unpaired) electrons. The maximum atomic E-state index is 12.0. The predicted octanol–water partition coefficient (Wildman–Crippen LogP) is 2.40. The number of halogens is 1. The van der Waals surface area contributed by atoms with Crippen molar-refractivity contribution in [2.45, 2.75) is 6.92 Å². The summed E-state index contributed by atoms with van der Waals surface area (Å²) in [5.74, 6) is -0.235. The maximum absolute atomic E-state index is 12.0. The molecular formula is C10H9BrN4OS. The van der Waals surface area contributed by atoms with Crippen LogP contribution in [0.15, 0.2) is 29.0 Å². The molecule has 7 heteroatoms. The zero-order valence-corrected chi connectivity index (χ0v) is 11.3. The Labute approximate surface area is 111 Å². The van der Waals surface area contributed by atoms with Crippen molar-refractivity contribution in [2.75, 3.05) is 5.43 Å². The van der Waals surface area contributed by atoms with Gasteiger partial charge < -0.3 is 0 Å². The Bertz CT molecular complexity index is 619. The smallest absolute Gasteiger partial charge is 0.267 e. The Morgan fingerprint density at radius 2 is 2.35 bits per heavy atom. The van der Waals surface area contributed by atoms with Crippen LogP contribution in [0.5, 0.6) is 0 Å². The average molecular weight is 313 g/mol. The van der Waals surface area contributed by atoms with Gasteiger partial charge in [0.25, 0.3) is 5.91 Å². The Morgan fingerprint density at radius 1 is 1.59 bits per heavy atom. The molecule has 2 N–H and O–H groups in total. The van der Waals surface area contributed by atoms with E-state index in [2.05, 4.69) is 31.6 Å². The summed E-state index contributed by atoms with van der Waals surface area (Å²) in [6.07, 6.45) is 1.41. The summed E-state index contributed by atoms with van der Waals surface area (Å²) < 4.78 is 2.55. The minimum absolute atomic E-state index is 0.235. The summed E-state index contributed by atoms with van der Waals surface area (Å²) in [5.41, 5.74) is 4.11. The van der Waals surface area contributed by atoms with E-state index in [1.165, 1.54) is 11.0 Å². The van der Waals surface area contributed by atoms with Gasteiger partial charge in [0.2, 0.25) is 4.77 Å². The number of benzene rings is 1. The Hall–Kier alpha value is -1.47. The van der Waals surface area contributed by atoms with Gasteiger partial charge >= 0.3 is 0 Å².